The van der Waals surface area contributed by atoms with Crippen LogP contribution in [0, 0.1) is 0 Å². The summed E-state index contributed by atoms with van der Waals surface area (Å²) in [6, 6.07) is 11.2. The van der Waals surface area contributed by atoms with Gasteiger partial charge in [0, 0.05) is 17.0 Å². The number of aromatic nitrogens is 1. The van der Waals surface area contributed by atoms with Crippen LogP contribution in [-0.2, 0) is 10.0 Å². The first-order valence-corrected chi connectivity index (χ1v) is 8.67. The Bertz CT molecular complexity index is 1060. The lowest BCUT2D eigenvalue weighted by atomic mass is 10.1. The molecule has 0 spiro atoms. The lowest BCUT2D eigenvalue weighted by Gasteiger charge is -2.12. The first-order chi connectivity index (χ1) is 11.9. The maximum Gasteiger partial charge on any atom is 0.337 e. The van der Waals surface area contributed by atoms with E-state index in [1.54, 1.807) is 30.3 Å². The summed E-state index contributed by atoms with van der Waals surface area (Å²) in [5.41, 5.74) is -0.0420. The monoisotopic (exact) mass is 358 g/mol. The van der Waals surface area contributed by atoms with Gasteiger partial charge in [0.15, 0.2) is 0 Å². The standard InChI is InChI=1S/C17H14N2O5S/c1-24-15-6-7-16(14-5-3-2-4-13(14)15)25(22,23)19-12-8-11(17(20)21)9-18-10-12/h2-10,19H,1H3,(H,20,21). The van der Waals surface area contributed by atoms with E-state index in [4.69, 9.17) is 9.84 Å². The molecule has 0 amide bonds. The number of benzene rings is 2. The Morgan fingerprint density at radius 1 is 1.12 bits per heavy atom. The number of fused-ring (bicyclic) bond motifs is 1. The number of ether oxygens (including phenoxy) is 1. The fourth-order valence-corrected chi connectivity index (χ4v) is 3.73. The number of carboxylic acids is 1. The van der Waals surface area contributed by atoms with Gasteiger partial charge >= 0.3 is 5.97 Å². The zero-order valence-electron chi connectivity index (χ0n) is 13.1. The van der Waals surface area contributed by atoms with E-state index in [9.17, 15) is 13.2 Å². The summed E-state index contributed by atoms with van der Waals surface area (Å²) < 4.78 is 33.2. The molecule has 1 aromatic heterocycles. The third-order valence-corrected chi connectivity index (χ3v) is 5.03. The SMILES string of the molecule is COc1ccc(S(=O)(=O)Nc2cncc(C(=O)O)c2)c2ccccc12. The number of sulfonamides is 1. The number of carboxylic acid groups (broad SMARTS) is 1. The van der Waals surface area contributed by atoms with Crippen molar-refractivity contribution < 1.29 is 23.1 Å². The minimum Gasteiger partial charge on any atom is -0.496 e. The van der Waals surface area contributed by atoms with Crippen LogP contribution in [0.4, 0.5) is 5.69 Å². The maximum absolute atomic E-state index is 12.8. The molecule has 0 aliphatic rings. The first-order valence-electron chi connectivity index (χ1n) is 7.19. The van der Waals surface area contributed by atoms with Crippen molar-refractivity contribution >= 4 is 32.5 Å². The van der Waals surface area contributed by atoms with Crippen LogP contribution >= 0.6 is 0 Å². The van der Waals surface area contributed by atoms with Gasteiger partial charge in [0.1, 0.15) is 5.75 Å². The van der Waals surface area contributed by atoms with Crippen LogP contribution in [0.3, 0.4) is 0 Å². The van der Waals surface area contributed by atoms with Gasteiger partial charge in [-0.2, -0.15) is 0 Å². The lowest BCUT2D eigenvalue weighted by Crippen LogP contribution is -2.14. The number of nitrogens with one attached hydrogen (secondary N) is 1. The lowest BCUT2D eigenvalue weighted by molar-refractivity contribution is 0.0696. The topological polar surface area (TPSA) is 106 Å². The highest BCUT2D eigenvalue weighted by Crippen LogP contribution is 2.31. The van der Waals surface area contributed by atoms with E-state index in [0.29, 0.717) is 16.5 Å². The van der Waals surface area contributed by atoms with Crippen LogP contribution in [0.5, 0.6) is 5.75 Å². The molecule has 3 aromatic rings. The Labute approximate surface area is 143 Å². The van der Waals surface area contributed by atoms with Crippen LogP contribution in [0.2, 0.25) is 0 Å². The van der Waals surface area contributed by atoms with E-state index in [2.05, 4.69) is 9.71 Å². The maximum atomic E-state index is 12.8. The molecule has 2 aromatic carbocycles. The number of hydrogen-bond acceptors (Lipinski definition) is 5. The molecular weight excluding hydrogens is 344 g/mol. The second kappa shape index (κ2) is 6.40. The zero-order valence-corrected chi connectivity index (χ0v) is 13.9. The summed E-state index contributed by atoms with van der Waals surface area (Å²) in [6.07, 6.45) is 2.39. The molecular formula is C17H14N2O5S. The largest absolute Gasteiger partial charge is 0.496 e. The van der Waals surface area contributed by atoms with Gasteiger partial charge < -0.3 is 9.84 Å². The average Bonchev–Trinajstić information content (AvgIpc) is 2.60. The van der Waals surface area contributed by atoms with Crippen molar-refractivity contribution in [3.63, 3.8) is 0 Å². The Hall–Kier alpha value is -3.13. The number of anilines is 1. The molecule has 1 heterocycles. The zero-order chi connectivity index (χ0) is 18.0. The number of hydrogen-bond donors (Lipinski definition) is 2. The number of aromatic carboxylic acids is 1. The molecule has 25 heavy (non-hydrogen) atoms. The van der Waals surface area contributed by atoms with Gasteiger partial charge in [0.25, 0.3) is 10.0 Å². The number of carbonyl (C=O) groups is 1. The smallest absolute Gasteiger partial charge is 0.337 e. The molecule has 0 unspecified atom stereocenters. The minimum absolute atomic E-state index is 0.0598. The highest BCUT2D eigenvalue weighted by Gasteiger charge is 2.19. The fraction of sp³-hybridized carbons (Fsp3) is 0.0588. The van der Waals surface area contributed by atoms with Crippen molar-refractivity contribution in [1.29, 1.82) is 0 Å². The molecule has 0 atom stereocenters. The third kappa shape index (κ3) is 3.24. The second-order valence-electron chi connectivity index (χ2n) is 5.18. The molecule has 2 N–H and O–H groups in total. The summed E-state index contributed by atoms with van der Waals surface area (Å²) in [6.45, 7) is 0. The predicted molar refractivity (Wildman–Crippen MR) is 92.5 cm³/mol. The summed E-state index contributed by atoms with van der Waals surface area (Å²) >= 11 is 0. The van der Waals surface area contributed by atoms with E-state index in [-0.39, 0.29) is 16.1 Å². The quantitative estimate of drug-likeness (QED) is 0.726. The van der Waals surface area contributed by atoms with Crippen LogP contribution in [0.1, 0.15) is 10.4 Å². The summed E-state index contributed by atoms with van der Waals surface area (Å²) in [7, 11) is -2.43. The molecule has 0 radical (unpaired) electrons. The number of pyridine rings is 1. The van der Waals surface area contributed by atoms with Crippen molar-refractivity contribution in [3.05, 3.63) is 60.4 Å². The van der Waals surface area contributed by atoms with E-state index in [1.807, 2.05) is 0 Å². The van der Waals surface area contributed by atoms with Gasteiger partial charge in [-0.3, -0.25) is 9.71 Å². The van der Waals surface area contributed by atoms with Crippen molar-refractivity contribution in [2.75, 3.05) is 11.8 Å². The molecule has 3 rings (SSSR count). The second-order valence-corrected chi connectivity index (χ2v) is 6.84. The Morgan fingerprint density at radius 3 is 2.52 bits per heavy atom. The molecule has 0 aliphatic heterocycles. The van der Waals surface area contributed by atoms with Crippen molar-refractivity contribution in [2.24, 2.45) is 0 Å². The fourth-order valence-electron chi connectivity index (χ4n) is 2.48. The summed E-state index contributed by atoms with van der Waals surface area (Å²) in [5, 5.41) is 10.1. The molecule has 0 fully saturated rings. The van der Waals surface area contributed by atoms with Crippen LogP contribution in [0.25, 0.3) is 10.8 Å². The molecule has 0 saturated heterocycles. The number of rotatable bonds is 5. The minimum atomic E-state index is -3.95. The highest BCUT2D eigenvalue weighted by molar-refractivity contribution is 7.93. The van der Waals surface area contributed by atoms with E-state index >= 15 is 0 Å². The van der Waals surface area contributed by atoms with Crippen LogP contribution in [-0.4, -0.2) is 31.6 Å². The van der Waals surface area contributed by atoms with Gasteiger partial charge in [-0.15, -0.1) is 0 Å². The Balaban J connectivity index is 2.08. The van der Waals surface area contributed by atoms with E-state index < -0.39 is 16.0 Å². The van der Waals surface area contributed by atoms with Crippen LogP contribution in [0.15, 0.2) is 59.8 Å². The highest BCUT2D eigenvalue weighted by atomic mass is 32.2. The Kier molecular flexibility index (Phi) is 4.28. The molecule has 7 nitrogen and oxygen atoms in total. The average molecular weight is 358 g/mol. The van der Waals surface area contributed by atoms with Gasteiger partial charge in [-0.05, 0) is 18.2 Å². The summed E-state index contributed by atoms with van der Waals surface area (Å²) in [4.78, 5) is 14.8. The van der Waals surface area contributed by atoms with Gasteiger partial charge in [0.2, 0.25) is 0 Å². The van der Waals surface area contributed by atoms with Crippen molar-refractivity contribution in [2.45, 2.75) is 4.90 Å². The van der Waals surface area contributed by atoms with Crippen molar-refractivity contribution in [1.82, 2.24) is 4.98 Å². The molecule has 8 heteroatoms. The summed E-state index contributed by atoms with van der Waals surface area (Å²) in [5.74, 6) is -0.632. The van der Waals surface area contributed by atoms with Crippen molar-refractivity contribution in [3.8, 4) is 5.75 Å². The normalized spacial score (nSPS) is 11.2. The van der Waals surface area contributed by atoms with E-state index in [1.165, 1.54) is 25.4 Å². The van der Waals surface area contributed by atoms with Crippen LogP contribution < -0.4 is 9.46 Å². The number of methoxy groups -OCH3 is 1. The first kappa shape index (κ1) is 16.7. The molecule has 128 valence electrons. The van der Waals surface area contributed by atoms with Gasteiger partial charge in [-0.1, -0.05) is 24.3 Å². The molecule has 0 bridgehead atoms. The van der Waals surface area contributed by atoms with Gasteiger partial charge in [0.05, 0.1) is 29.5 Å². The number of nitrogens with zero attached hydrogens (tertiary/aromatic N) is 1. The predicted octanol–water partition coefficient (Wildman–Crippen LogP) is 2.74. The van der Waals surface area contributed by atoms with E-state index in [0.717, 1.165) is 6.20 Å². The van der Waals surface area contributed by atoms with Gasteiger partial charge in [-0.25, -0.2) is 13.2 Å². The third-order valence-electron chi connectivity index (χ3n) is 3.59. The molecule has 0 saturated carbocycles. The molecule has 0 aliphatic carbocycles. The Morgan fingerprint density at radius 2 is 1.84 bits per heavy atom.